The molecule has 0 unspecified atom stereocenters. The molecular formula is C6H4BrClN4. The molecule has 0 aromatic carbocycles. The van der Waals surface area contributed by atoms with Crippen molar-refractivity contribution in [3.05, 3.63) is 21.6 Å². The first-order valence-corrected chi connectivity index (χ1v) is 4.38. The van der Waals surface area contributed by atoms with E-state index in [1.807, 2.05) is 6.92 Å². The maximum absolute atomic E-state index is 5.95. The summed E-state index contributed by atoms with van der Waals surface area (Å²) in [6, 6.07) is 0. The van der Waals surface area contributed by atoms with Gasteiger partial charge in [0.25, 0.3) is 5.78 Å². The van der Waals surface area contributed by atoms with Crippen LogP contribution in [0.4, 0.5) is 0 Å². The van der Waals surface area contributed by atoms with E-state index in [4.69, 9.17) is 11.6 Å². The highest BCUT2D eigenvalue weighted by molar-refractivity contribution is 9.10. The minimum atomic E-state index is 0.495. The summed E-state index contributed by atoms with van der Waals surface area (Å²) in [7, 11) is 0. The first-order chi connectivity index (χ1) is 5.70. The van der Waals surface area contributed by atoms with Crippen molar-refractivity contribution >= 4 is 33.3 Å². The fraction of sp³-hybridized carbons (Fsp3) is 0.167. The van der Waals surface area contributed by atoms with Crippen LogP contribution in [0.15, 0.2) is 10.8 Å². The quantitative estimate of drug-likeness (QED) is 0.667. The second-order valence-electron chi connectivity index (χ2n) is 2.27. The van der Waals surface area contributed by atoms with Gasteiger partial charge in [0.2, 0.25) is 0 Å². The molecule has 0 aliphatic carbocycles. The molecule has 0 saturated heterocycles. The molecule has 2 rings (SSSR count). The topological polar surface area (TPSA) is 43.1 Å². The van der Waals surface area contributed by atoms with Crippen LogP contribution in [0.25, 0.3) is 5.78 Å². The minimum Gasteiger partial charge on any atom is -0.215 e. The van der Waals surface area contributed by atoms with Gasteiger partial charge in [0, 0.05) is 0 Å². The van der Waals surface area contributed by atoms with Gasteiger partial charge in [-0.15, -0.1) is 0 Å². The SMILES string of the molecule is Cc1nc2ncnn2c(Cl)c1Br. The van der Waals surface area contributed by atoms with Crippen molar-refractivity contribution in [1.82, 2.24) is 19.6 Å². The standard InChI is InChI=1S/C6H4BrClN4/c1-3-4(7)5(8)12-6(11-3)9-2-10-12/h2H,1H3. The van der Waals surface area contributed by atoms with Crippen molar-refractivity contribution in [2.75, 3.05) is 0 Å². The van der Waals surface area contributed by atoms with E-state index in [2.05, 4.69) is 31.0 Å². The molecule has 2 aromatic heterocycles. The Morgan fingerprint density at radius 2 is 2.33 bits per heavy atom. The van der Waals surface area contributed by atoms with Crippen LogP contribution in [0.3, 0.4) is 0 Å². The van der Waals surface area contributed by atoms with Gasteiger partial charge in [0.15, 0.2) is 5.15 Å². The molecule has 0 atom stereocenters. The molecule has 0 aliphatic heterocycles. The lowest BCUT2D eigenvalue weighted by Gasteiger charge is -2.00. The number of fused-ring (bicyclic) bond motifs is 1. The van der Waals surface area contributed by atoms with Crippen molar-refractivity contribution in [3.8, 4) is 0 Å². The van der Waals surface area contributed by atoms with Crippen LogP contribution in [0.2, 0.25) is 5.15 Å². The second-order valence-corrected chi connectivity index (χ2v) is 3.42. The lowest BCUT2D eigenvalue weighted by atomic mass is 10.5. The van der Waals surface area contributed by atoms with Gasteiger partial charge in [-0.05, 0) is 22.9 Å². The maximum Gasteiger partial charge on any atom is 0.253 e. The molecule has 2 aromatic rings. The average molecular weight is 247 g/mol. The fourth-order valence-electron chi connectivity index (χ4n) is 0.891. The van der Waals surface area contributed by atoms with E-state index < -0.39 is 0 Å². The summed E-state index contributed by atoms with van der Waals surface area (Å²) in [6.45, 7) is 1.85. The second kappa shape index (κ2) is 2.67. The summed E-state index contributed by atoms with van der Waals surface area (Å²) in [5, 5.41) is 4.40. The Balaban J connectivity index is 2.94. The van der Waals surface area contributed by atoms with Gasteiger partial charge in [-0.25, -0.2) is 4.98 Å². The molecule has 0 saturated carbocycles. The number of rotatable bonds is 0. The number of hydrogen-bond acceptors (Lipinski definition) is 3. The Hall–Kier alpha value is -0.680. The van der Waals surface area contributed by atoms with E-state index in [0.717, 1.165) is 10.2 Å². The van der Waals surface area contributed by atoms with Crippen molar-refractivity contribution in [1.29, 1.82) is 0 Å². The van der Waals surface area contributed by atoms with Crippen LogP contribution in [0.5, 0.6) is 0 Å². The zero-order valence-corrected chi connectivity index (χ0v) is 8.46. The molecule has 62 valence electrons. The van der Waals surface area contributed by atoms with Crippen molar-refractivity contribution in [3.63, 3.8) is 0 Å². The molecule has 0 radical (unpaired) electrons. The lowest BCUT2D eigenvalue weighted by molar-refractivity contribution is 0.922. The zero-order valence-electron chi connectivity index (χ0n) is 6.12. The van der Waals surface area contributed by atoms with Crippen LogP contribution >= 0.6 is 27.5 Å². The Morgan fingerprint density at radius 3 is 3.08 bits per heavy atom. The van der Waals surface area contributed by atoms with Gasteiger partial charge in [-0.3, -0.25) is 0 Å². The van der Waals surface area contributed by atoms with Crippen LogP contribution in [0.1, 0.15) is 5.69 Å². The first kappa shape index (κ1) is 7.94. The Labute approximate surface area is 81.7 Å². The normalized spacial score (nSPS) is 10.9. The third-order valence-electron chi connectivity index (χ3n) is 1.48. The van der Waals surface area contributed by atoms with Crippen LogP contribution in [0, 0.1) is 6.92 Å². The largest absolute Gasteiger partial charge is 0.253 e. The molecule has 6 heteroatoms. The highest BCUT2D eigenvalue weighted by Crippen LogP contribution is 2.24. The first-order valence-electron chi connectivity index (χ1n) is 3.21. The number of nitrogens with zero attached hydrogens (tertiary/aromatic N) is 4. The van der Waals surface area contributed by atoms with Crippen molar-refractivity contribution in [2.45, 2.75) is 6.92 Å². The van der Waals surface area contributed by atoms with E-state index in [9.17, 15) is 0 Å². The number of hydrogen-bond donors (Lipinski definition) is 0. The molecule has 0 aliphatic rings. The van der Waals surface area contributed by atoms with E-state index >= 15 is 0 Å². The molecular weight excluding hydrogens is 243 g/mol. The van der Waals surface area contributed by atoms with E-state index in [1.165, 1.54) is 10.8 Å². The Morgan fingerprint density at radius 1 is 1.58 bits per heavy atom. The number of aryl methyl sites for hydroxylation is 1. The Bertz CT molecular complexity index is 438. The van der Waals surface area contributed by atoms with E-state index in [-0.39, 0.29) is 0 Å². The van der Waals surface area contributed by atoms with E-state index in [1.54, 1.807) is 0 Å². The summed E-state index contributed by atoms with van der Waals surface area (Å²) in [4.78, 5) is 8.07. The summed E-state index contributed by atoms with van der Waals surface area (Å²) < 4.78 is 2.22. The van der Waals surface area contributed by atoms with Crippen LogP contribution < -0.4 is 0 Å². The van der Waals surface area contributed by atoms with Gasteiger partial charge in [0.1, 0.15) is 6.33 Å². The molecule has 4 nitrogen and oxygen atoms in total. The van der Waals surface area contributed by atoms with Gasteiger partial charge in [-0.2, -0.15) is 14.6 Å². The number of aromatic nitrogens is 4. The molecule has 0 N–H and O–H groups in total. The zero-order chi connectivity index (χ0) is 8.72. The maximum atomic E-state index is 5.95. The van der Waals surface area contributed by atoms with Crippen molar-refractivity contribution < 1.29 is 0 Å². The smallest absolute Gasteiger partial charge is 0.215 e. The predicted molar refractivity (Wildman–Crippen MR) is 48.2 cm³/mol. The third kappa shape index (κ3) is 1.01. The average Bonchev–Trinajstić information content (AvgIpc) is 2.48. The lowest BCUT2D eigenvalue weighted by Crippen LogP contribution is -1.96. The monoisotopic (exact) mass is 246 g/mol. The minimum absolute atomic E-state index is 0.495. The summed E-state index contributed by atoms with van der Waals surface area (Å²) in [6.07, 6.45) is 1.42. The molecule has 0 bridgehead atoms. The van der Waals surface area contributed by atoms with Gasteiger partial charge < -0.3 is 0 Å². The fourth-order valence-corrected chi connectivity index (χ4v) is 1.40. The molecule has 12 heavy (non-hydrogen) atoms. The summed E-state index contributed by atoms with van der Waals surface area (Å²) in [5.74, 6) is 0.515. The van der Waals surface area contributed by atoms with E-state index in [0.29, 0.717) is 10.9 Å². The number of halogens is 2. The Kier molecular flexibility index (Phi) is 1.77. The highest BCUT2D eigenvalue weighted by Gasteiger charge is 2.08. The van der Waals surface area contributed by atoms with Crippen molar-refractivity contribution in [2.24, 2.45) is 0 Å². The van der Waals surface area contributed by atoms with Gasteiger partial charge >= 0.3 is 0 Å². The highest BCUT2D eigenvalue weighted by atomic mass is 79.9. The van der Waals surface area contributed by atoms with Crippen LogP contribution in [-0.2, 0) is 0 Å². The molecule has 0 amide bonds. The summed E-state index contributed by atoms with van der Waals surface area (Å²) >= 11 is 9.25. The third-order valence-corrected chi connectivity index (χ3v) is 3.01. The molecule has 0 spiro atoms. The predicted octanol–water partition coefficient (Wildman–Crippen LogP) is 1.85. The molecule has 2 heterocycles. The van der Waals surface area contributed by atoms with Crippen LogP contribution in [-0.4, -0.2) is 19.6 Å². The summed E-state index contributed by atoms with van der Waals surface area (Å²) in [5.41, 5.74) is 0.806. The van der Waals surface area contributed by atoms with Gasteiger partial charge in [-0.1, -0.05) is 11.6 Å². The van der Waals surface area contributed by atoms with Gasteiger partial charge in [0.05, 0.1) is 10.2 Å². The molecule has 0 fully saturated rings.